The van der Waals surface area contributed by atoms with Gasteiger partial charge in [0.05, 0.1) is 6.54 Å². The molecule has 0 radical (unpaired) electrons. The van der Waals surface area contributed by atoms with Crippen LogP contribution in [0.2, 0.25) is 0 Å². The van der Waals surface area contributed by atoms with Crippen molar-refractivity contribution in [1.29, 1.82) is 0 Å². The highest BCUT2D eigenvalue weighted by atomic mass is 16.1. The zero-order valence-electron chi connectivity index (χ0n) is 7.39. The Morgan fingerprint density at radius 3 is 2.64 bits per heavy atom. The number of nitrogens with one attached hydrogen (secondary N) is 1. The van der Waals surface area contributed by atoms with Gasteiger partial charge in [0.15, 0.2) is 0 Å². The van der Waals surface area contributed by atoms with Crippen LogP contribution >= 0.6 is 0 Å². The molecule has 1 fully saturated rings. The first-order valence-corrected chi connectivity index (χ1v) is 4.38. The molecule has 1 rings (SSSR count). The minimum atomic E-state index is 0.365. The SMILES string of the molecule is CNCC(=O)CC1CC(C)C1. The first kappa shape index (κ1) is 8.72. The molecule has 0 bridgehead atoms. The molecule has 64 valence electrons. The summed E-state index contributed by atoms with van der Waals surface area (Å²) in [6.07, 6.45) is 3.32. The summed E-state index contributed by atoms with van der Waals surface area (Å²) >= 11 is 0. The highest BCUT2D eigenvalue weighted by Crippen LogP contribution is 2.35. The summed E-state index contributed by atoms with van der Waals surface area (Å²) in [5.74, 6) is 1.93. The summed E-state index contributed by atoms with van der Waals surface area (Å²) in [7, 11) is 1.82. The molecule has 0 heterocycles. The number of hydrogen-bond donors (Lipinski definition) is 1. The van der Waals surface area contributed by atoms with Gasteiger partial charge < -0.3 is 5.32 Å². The zero-order valence-corrected chi connectivity index (χ0v) is 7.39. The Morgan fingerprint density at radius 2 is 2.18 bits per heavy atom. The molecule has 1 saturated carbocycles. The highest BCUT2D eigenvalue weighted by molar-refractivity contribution is 5.80. The minimum Gasteiger partial charge on any atom is -0.313 e. The summed E-state index contributed by atoms with van der Waals surface area (Å²) in [5, 5.41) is 2.88. The van der Waals surface area contributed by atoms with Crippen LogP contribution in [-0.4, -0.2) is 19.4 Å². The molecule has 2 heteroatoms. The first-order chi connectivity index (χ1) is 5.22. The second-order valence-electron chi connectivity index (χ2n) is 3.72. The third kappa shape index (κ3) is 2.62. The van der Waals surface area contributed by atoms with E-state index < -0.39 is 0 Å². The third-order valence-corrected chi connectivity index (χ3v) is 2.36. The molecule has 2 nitrogen and oxygen atoms in total. The van der Waals surface area contributed by atoms with E-state index in [4.69, 9.17) is 0 Å². The average Bonchev–Trinajstić information content (AvgIpc) is 1.85. The van der Waals surface area contributed by atoms with Gasteiger partial charge >= 0.3 is 0 Å². The predicted octanol–water partition coefficient (Wildman–Crippen LogP) is 1.21. The molecule has 0 unspecified atom stereocenters. The molecule has 0 saturated heterocycles. The highest BCUT2D eigenvalue weighted by Gasteiger charge is 2.26. The van der Waals surface area contributed by atoms with Gasteiger partial charge in [0.1, 0.15) is 5.78 Å². The second kappa shape index (κ2) is 3.86. The summed E-state index contributed by atoms with van der Waals surface area (Å²) in [6.45, 7) is 2.80. The van der Waals surface area contributed by atoms with E-state index in [0.29, 0.717) is 18.2 Å². The Balaban J connectivity index is 2.07. The van der Waals surface area contributed by atoms with E-state index in [1.54, 1.807) is 0 Å². The topological polar surface area (TPSA) is 29.1 Å². The van der Waals surface area contributed by atoms with Crippen LogP contribution in [-0.2, 0) is 4.79 Å². The van der Waals surface area contributed by atoms with E-state index in [0.717, 1.165) is 12.3 Å². The van der Waals surface area contributed by atoms with Gasteiger partial charge in [0, 0.05) is 6.42 Å². The van der Waals surface area contributed by atoms with Crippen LogP contribution in [0.1, 0.15) is 26.2 Å². The Morgan fingerprint density at radius 1 is 1.55 bits per heavy atom. The Bertz CT molecular complexity index is 138. The van der Waals surface area contributed by atoms with Crippen molar-refractivity contribution < 1.29 is 4.79 Å². The van der Waals surface area contributed by atoms with Crippen molar-refractivity contribution >= 4 is 5.78 Å². The molecule has 0 atom stereocenters. The van der Waals surface area contributed by atoms with Gasteiger partial charge in [-0.25, -0.2) is 0 Å². The van der Waals surface area contributed by atoms with E-state index in [1.165, 1.54) is 12.8 Å². The van der Waals surface area contributed by atoms with Gasteiger partial charge in [-0.05, 0) is 31.7 Å². The minimum absolute atomic E-state index is 0.365. The zero-order chi connectivity index (χ0) is 8.27. The lowest BCUT2D eigenvalue weighted by molar-refractivity contribution is -0.119. The standard InChI is InChI=1S/C9H17NO/c1-7-3-8(4-7)5-9(11)6-10-2/h7-8,10H,3-6H2,1-2H3. The fraction of sp³-hybridized carbons (Fsp3) is 0.889. The molecule has 0 aromatic heterocycles. The maximum Gasteiger partial charge on any atom is 0.146 e. The maximum atomic E-state index is 11.1. The quantitative estimate of drug-likeness (QED) is 0.661. The summed E-state index contributed by atoms with van der Waals surface area (Å²) < 4.78 is 0. The summed E-state index contributed by atoms with van der Waals surface area (Å²) in [6, 6.07) is 0. The molecular formula is C9H17NO. The number of rotatable bonds is 4. The normalized spacial score (nSPS) is 29.6. The molecule has 1 N–H and O–H groups in total. The molecular weight excluding hydrogens is 138 g/mol. The van der Waals surface area contributed by atoms with Gasteiger partial charge in [0.25, 0.3) is 0 Å². The molecule has 1 aliphatic carbocycles. The number of carbonyl (C=O) groups excluding carboxylic acids is 1. The number of hydrogen-bond acceptors (Lipinski definition) is 2. The molecule has 0 aliphatic heterocycles. The van der Waals surface area contributed by atoms with E-state index >= 15 is 0 Å². The lowest BCUT2D eigenvalue weighted by atomic mass is 9.74. The van der Waals surface area contributed by atoms with Crippen LogP contribution in [0.4, 0.5) is 0 Å². The van der Waals surface area contributed by atoms with Crippen molar-refractivity contribution in [2.45, 2.75) is 26.2 Å². The van der Waals surface area contributed by atoms with Crippen molar-refractivity contribution in [3.05, 3.63) is 0 Å². The van der Waals surface area contributed by atoms with Crippen molar-refractivity contribution in [3.63, 3.8) is 0 Å². The fourth-order valence-corrected chi connectivity index (χ4v) is 1.83. The van der Waals surface area contributed by atoms with E-state index in [2.05, 4.69) is 12.2 Å². The Kier molecular flexibility index (Phi) is 3.06. The average molecular weight is 155 g/mol. The van der Waals surface area contributed by atoms with Crippen LogP contribution < -0.4 is 5.32 Å². The number of ketones is 1. The third-order valence-electron chi connectivity index (χ3n) is 2.36. The number of Topliss-reactive ketones (excluding diaryl/α,β-unsaturated/α-hetero) is 1. The van der Waals surface area contributed by atoms with Gasteiger partial charge in [-0.15, -0.1) is 0 Å². The summed E-state index contributed by atoms with van der Waals surface area (Å²) in [4.78, 5) is 11.1. The largest absolute Gasteiger partial charge is 0.313 e. The van der Waals surface area contributed by atoms with Crippen molar-refractivity contribution in [2.24, 2.45) is 11.8 Å². The van der Waals surface area contributed by atoms with E-state index in [-0.39, 0.29) is 0 Å². The molecule has 11 heavy (non-hydrogen) atoms. The van der Waals surface area contributed by atoms with E-state index in [9.17, 15) is 4.79 Å². The lowest BCUT2D eigenvalue weighted by Crippen LogP contribution is -2.27. The van der Waals surface area contributed by atoms with Gasteiger partial charge in [-0.2, -0.15) is 0 Å². The van der Waals surface area contributed by atoms with Gasteiger partial charge in [0.2, 0.25) is 0 Å². The molecule has 0 spiro atoms. The van der Waals surface area contributed by atoms with Crippen molar-refractivity contribution in [2.75, 3.05) is 13.6 Å². The molecule has 0 amide bonds. The monoisotopic (exact) mass is 155 g/mol. The maximum absolute atomic E-state index is 11.1. The summed E-state index contributed by atoms with van der Waals surface area (Å²) in [5.41, 5.74) is 0. The Labute approximate surface area is 68.4 Å². The van der Waals surface area contributed by atoms with Crippen molar-refractivity contribution in [1.82, 2.24) is 5.32 Å². The first-order valence-electron chi connectivity index (χ1n) is 4.38. The van der Waals surface area contributed by atoms with Gasteiger partial charge in [-0.3, -0.25) is 4.79 Å². The molecule has 1 aliphatic rings. The van der Waals surface area contributed by atoms with Crippen LogP contribution in [0.3, 0.4) is 0 Å². The number of carbonyl (C=O) groups is 1. The number of likely N-dealkylation sites (N-methyl/N-ethyl adjacent to an activating group) is 1. The fourth-order valence-electron chi connectivity index (χ4n) is 1.83. The molecule has 0 aromatic rings. The molecule has 0 aromatic carbocycles. The smallest absolute Gasteiger partial charge is 0.146 e. The predicted molar refractivity (Wildman–Crippen MR) is 45.4 cm³/mol. The Hall–Kier alpha value is -0.370. The van der Waals surface area contributed by atoms with Gasteiger partial charge in [-0.1, -0.05) is 6.92 Å². The van der Waals surface area contributed by atoms with Crippen LogP contribution in [0.15, 0.2) is 0 Å². The van der Waals surface area contributed by atoms with Crippen molar-refractivity contribution in [3.8, 4) is 0 Å². The van der Waals surface area contributed by atoms with E-state index in [1.807, 2.05) is 7.05 Å². The van der Waals surface area contributed by atoms with Crippen LogP contribution in [0.25, 0.3) is 0 Å². The lowest BCUT2D eigenvalue weighted by Gasteiger charge is -2.32. The second-order valence-corrected chi connectivity index (χ2v) is 3.72. The van der Waals surface area contributed by atoms with Crippen LogP contribution in [0, 0.1) is 11.8 Å². The van der Waals surface area contributed by atoms with Crippen LogP contribution in [0.5, 0.6) is 0 Å².